The Balaban J connectivity index is 1.56. The number of carbonyl (C=O) groups excluding carboxylic acids is 2. The van der Waals surface area contributed by atoms with E-state index in [9.17, 15) is 37.8 Å². The van der Waals surface area contributed by atoms with Crippen LogP contribution in [0.2, 0.25) is 5.02 Å². The van der Waals surface area contributed by atoms with Gasteiger partial charge in [0.15, 0.2) is 0 Å². The first kappa shape index (κ1) is 29.8. The van der Waals surface area contributed by atoms with E-state index < -0.39 is 54.7 Å². The van der Waals surface area contributed by atoms with Crippen LogP contribution in [0.25, 0.3) is 0 Å². The minimum absolute atomic E-state index is 0.0224. The Labute approximate surface area is 239 Å². The highest BCUT2D eigenvalue weighted by atomic mass is 79.9. The van der Waals surface area contributed by atoms with E-state index in [2.05, 4.69) is 26.6 Å². The first-order valence-electron chi connectivity index (χ1n) is 10.5. The van der Waals surface area contributed by atoms with Crippen molar-refractivity contribution in [3.63, 3.8) is 0 Å². The molecule has 1 saturated carbocycles. The molecule has 3 aromatic carbocycles. The van der Waals surface area contributed by atoms with Gasteiger partial charge >= 0.3 is 10.2 Å². The van der Waals surface area contributed by atoms with E-state index >= 15 is 0 Å². The van der Waals surface area contributed by atoms with Gasteiger partial charge < -0.3 is 10.6 Å². The largest absolute Gasteiger partial charge is 0.326 e. The fraction of sp³-hybridized carbons (Fsp3) is 0.130. The maximum absolute atomic E-state index is 13.9. The average molecular weight is 701 g/mol. The first-order chi connectivity index (χ1) is 17.7. The Morgan fingerprint density at radius 1 is 0.897 bits per heavy atom. The normalized spacial score (nSPS) is 20.0. The molecule has 3 aromatic rings. The van der Waals surface area contributed by atoms with Crippen LogP contribution in [0.4, 0.5) is 39.6 Å². The van der Waals surface area contributed by atoms with Crippen LogP contribution in [0.1, 0.15) is 21.8 Å². The van der Waals surface area contributed by atoms with Gasteiger partial charge in [0.2, 0.25) is 5.91 Å². The first-order valence-corrected chi connectivity index (χ1v) is 14.3. The van der Waals surface area contributed by atoms with Gasteiger partial charge in [0.25, 0.3) is 5.91 Å². The number of halogens is 11. The fourth-order valence-corrected chi connectivity index (χ4v) is 6.23. The number of hydrogen-bond acceptors (Lipinski definition) is 2. The highest BCUT2D eigenvalue weighted by molar-refractivity contribution is 9.10. The summed E-state index contributed by atoms with van der Waals surface area (Å²) in [5.74, 6) is -6.36. The number of anilines is 2. The number of amides is 2. The minimum Gasteiger partial charge on any atom is -0.326 e. The Hall–Kier alpha value is -2.19. The maximum atomic E-state index is 13.9. The van der Waals surface area contributed by atoms with E-state index in [1.165, 1.54) is 12.1 Å². The van der Waals surface area contributed by atoms with Crippen molar-refractivity contribution in [2.75, 3.05) is 10.6 Å². The average Bonchev–Trinajstić information content (AvgIpc) is 3.37. The molecule has 1 aliphatic rings. The molecule has 4 nitrogen and oxygen atoms in total. The van der Waals surface area contributed by atoms with Crippen LogP contribution in [0, 0.1) is 17.6 Å². The van der Waals surface area contributed by atoms with E-state index in [0.29, 0.717) is 6.07 Å². The number of benzene rings is 3. The van der Waals surface area contributed by atoms with Crippen LogP contribution in [-0.4, -0.2) is 16.1 Å². The van der Waals surface area contributed by atoms with E-state index in [-0.39, 0.29) is 44.1 Å². The second-order valence-corrected chi connectivity index (χ2v) is 13.8. The highest BCUT2D eigenvalue weighted by Gasteiger charge is 2.69. The predicted octanol–water partition coefficient (Wildman–Crippen LogP) is 9.82. The summed E-state index contributed by atoms with van der Waals surface area (Å²) in [7, 11) is -10.1. The van der Waals surface area contributed by atoms with Crippen LogP contribution in [0.15, 0.2) is 64.0 Å². The van der Waals surface area contributed by atoms with Gasteiger partial charge in [0.05, 0.1) is 22.2 Å². The summed E-state index contributed by atoms with van der Waals surface area (Å²) in [5.41, 5.74) is -0.941. The van der Waals surface area contributed by atoms with Crippen LogP contribution >= 0.6 is 61.0 Å². The molecular formula is C23H13BrCl3F7N2O2S. The quantitative estimate of drug-likeness (QED) is 0.199. The lowest BCUT2D eigenvalue weighted by Gasteiger charge is -2.40. The molecule has 39 heavy (non-hydrogen) atoms. The zero-order valence-electron chi connectivity index (χ0n) is 18.7. The molecule has 2 atom stereocenters. The van der Waals surface area contributed by atoms with Gasteiger partial charge in [-0.3, -0.25) is 9.59 Å². The second kappa shape index (κ2) is 9.16. The SMILES string of the molecule is O=C(Nc1ccc(F)cc1F)c1cc(NC(=O)C2C(c3cc(Br)cc(S(F)(F)(F)(F)F)c3)C2(Cl)Cl)ccc1Cl. The van der Waals surface area contributed by atoms with Gasteiger partial charge in [-0.15, -0.1) is 23.2 Å². The van der Waals surface area contributed by atoms with Crippen LogP contribution < -0.4 is 10.6 Å². The van der Waals surface area contributed by atoms with Gasteiger partial charge in [0.1, 0.15) is 20.9 Å². The van der Waals surface area contributed by atoms with E-state index in [1.54, 1.807) is 0 Å². The van der Waals surface area contributed by atoms with Crippen molar-refractivity contribution in [3.8, 4) is 0 Å². The summed E-state index contributed by atoms with van der Waals surface area (Å²) in [6.45, 7) is 0. The molecule has 0 saturated heterocycles. The molecule has 0 bridgehead atoms. The predicted molar refractivity (Wildman–Crippen MR) is 141 cm³/mol. The van der Waals surface area contributed by atoms with Crippen LogP contribution in [0.3, 0.4) is 0 Å². The van der Waals surface area contributed by atoms with E-state index in [4.69, 9.17) is 34.8 Å². The fourth-order valence-electron chi connectivity index (χ4n) is 3.83. The van der Waals surface area contributed by atoms with E-state index in [0.717, 1.165) is 24.3 Å². The Morgan fingerprint density at radius 3 is 2.18 bits per heavy atom. The molecule has 0 spiro atoms. The third-order valence-electron chi connectivity index (χ3n) is 5.69. The molecule has 2 N–H and O–H groups in total. The van der Waals surface area contributed by atoms with Crippen molar-refractivity contribution in [2.45, 2.75) is 15.1 Å². The summed E-state index contributed by atoms with van der Waals surface area (Å²) in [5, 5.41) is 4.50. The molecule has 2 amide bonds. The molecule has 16 heteroatoms. The molecule has 0 heterocycles. The van der Waals surface area contributed by atoms with Crippen LogP contribution in [-0.2, 0) is 4.79 Å². The third-order valence-corrected chi connectivity index (χ3v) is 8.55. The Morgan fingerprint density at radius 2 is 1.56 bits per heavy atom. The van der Waals surface area contributed by atoms with Gasteiger partial charge in [-0.2, -0.15) is 0 Å². The topological polar surface area (TPSA) is 58.2 Å². The highest BCUT2D eigenvalue weighted by Crippen LogP contribution is 3.02. The van der Waals surface area contributed by atoms with Crippen molar-refractivity contribution in [1.29, 1.82) is 0 Å². The lowest BCUT2D eigenvalue weighted by atomic mass is 10.1. The Bertz CT molecular complexity index is 1540. The molecule has 210 valence electrons. The van der Waals surface area contributed by atoms with Crippen molar-refractivity contribution in [1.82, 2.24) is 0 Å². The monoisotopic (exact) mass is 698 g/mol. The molecule has 0 aromatic heterocycles. The molecule has 1 aliphatic carbocycles. The summed E-state index contributed by atoms with van der Waals surface area (Å²) < 4.78 is 91.7. The number of alkyl halides is 2. The van der Waals surface area contributed by atoms with Crippen molar-refractivity contribution in [3.05, 3.63) is 86.9 Å². The second-order valence-electron chi connectivity index (χ2n) is 8.58. The van der Waals surface area contributed by atoms with Crippen molar-refractivity contribution < 1.29 is 37.8 Å². The van der Waals surface area contributed by atoms with Gasteiger partial charge in [-0.05, 0) is 54.1 Å². The van der Waals surface area contributed by atoms with Gasteiger partial charge in [-0.25, -0.2) is 8.78 Å². The lowest BCUT2D eigenvalue weighted by molar-refractivity contribution is -0.117. The zero-order valence-corrected chi connectivity index (χ0v) is 23.4. The van der Waals surface area contributed by atoms with Crippen molar-refractivity contribution >= 4 is 84.1 Å². The van der Waals surface area contributed by atoms with E-state index in [1.807, 2.05) is 0 Å². The number of carbonyl (C=O) groups is 2. The molecule has 2 unspecified atom stereocenters. The summed E-state index contributed by atoms with van der Waals surface area (Å²) >= 11 is 21.1. The molecule has 4 rings (SSSR count). The Kier molecular flexibility index (Phi) is 7.00. The molecule has 0 aliphatic heterocycles. The molecular weight excluding hydrogens is 688 g/mol. The maximum Gasteiger partial charge on any atom is 0.310 e. The molecule has 0 radical (unpaired) electrons. The summed E-state index contributed by atoms with van der Waals surface area (Å²) in [6.07, 6.45) is 0. The van der Waals surface area contributed by atoms with Crippen LogP contribution in [0.5, 0.6) is 0 Å². The van der Waals surface area contributed by atoms with Crippen molar-refractivity contribution in [2.24, 2.45) is 5.92 Å². The summed E-state index contributed by atoms with van der Waals surface area (Å²) in [6, 6.07) is 7.57. The number of hydrogen-bond donors (Lipinski definition) is 2. The van der Waals surface area contributed by atoms with Gasteiger partial charge in [0, 0.05) is 22.1 Å². The number of rotatable bonds is 6. The third kappa shape index (κ3) is 6.43. The zero-order chi connectivity index (χ0) is 29.2. The summed E-state index contributed by atoms with van der Waals surface area (Å²) in [4.78, 5) is 23.4. The number of nitrogens with one attached hydrogen (secondary N) is 2. The van der Waals surface area contributed by atoms with Gasteiger partial charge in [-0.1, -0.05) is 47.0 Å². The minimum atomic E-state index is -10.1. The lowest BCUT2D eigenvalue weighted by Crippen LogP contribution is -2.18. The standard InChI is InChI=1S/C23H13BrCl3F7N2O2S/c24-11-5-10(6-14(7-11)39(30,31,32,33)34)19-20(23(19,26)27)22(38)35-13-2-3-16(25)15(9-13)21(37)36-18-4-1-12(28)8-17(18)29/h1-9,19-20H,(H,35,38)(H,36,37). The smallest absolute Gasteiger partial charge is 0.310 e. The molecule has 1 fully saturated rings.